The van der Waals surface area contributed by atoms with Crippen molar-refractivity contribution < 1.29 is 19.1 Å². The molecule has 0 radical (unpaired) electrons. The number of epoxide rings is 1. The topological polar surface area (TPSA) is 67.9 Å². The van der Waals surface area contributed by atoms with Crippen molar-refractivity contribution in [3.05, 3.63) is 35.9 Å². The van der Waals surface area contributed by atoms with Gasteiger partial charge in [-0.3, -0.25) is 14.9 Å². The van der Waals surface area contributed by atoms with Crippen LogP contribution in [0.15, 0.2) is 30.3 Å². The largest absolute Gasteiger partial charge is 0.491 e. The van der Waals surface area contributed by atoms with E-state index in [-0.39, 0.29) is 17.9 Å². The van der Waals surface area contributed by atoms with E-state index < -0.39 is 0 Å². The van der Waals surface area contributed by atoms with Crippen LogP contribution in [-0.2, 0) is 14.3 Å². The Morgan fingerprint density at radius 1 is 1.28 bits per heavy atom. The summed E-state index contributed by atoms with van der Waals surface area (Å²) in [5, 5.41) is 2.21. The number of amides is 2. The van der Waals surface area contributed by atoms with Crippen LogP contribution in [0, 0.1) is 0 Å². The molecule has 0 saturated carbocycles. The molecule has 92 valence electrons. The van der Waals surface area contributed by atoms with E-state index in [4.69, 9.17) is 9.47 Å². The van der Waals surface area contributed by atoms with Crippen molar-refractivity contribution in [1.82, 2.24) is 5.32 Å². The lowest BCUT2D eigenvalue weighted by Crippen LogP contribution is -2.21. The molecule has 1 N–H and O–H groups in total. The van der Waals surface area contributed by atoms with Gasteiger partial charge in [0.2, 0.25) is 0 Å². The van der Waals surface area contributed by atoms with E-state index in [1.54, 1.807) is 24.3 Å². The van der Waals surface area contributed by atoms with Gasteiger partial charge in [-0.25, -0.2) is 0 Å². The van der Waals surface area contributed by atoms with Crippen LogP contribution in [0.1, 0.15) is 5.56 Å². The third-order valence-corrected chi connectivity index (χ3v) is 2.76. The molecule has 2 heterocycles. The normalized spacial score (nSPS) is 21.6. The van der Waals surface area contributed by atoms with Crippen LogP contribution in [0.5, 0.6) is 5.75 Å². The summed E-state index contributed by atoms with van der Waals surface area (Å²) in [6, 6.07) is 7.06. The number of benzene rings is 1. The Labute approximate surface area is 103 Å². The summed E-state index contributed by atoms with van der Waals surface area (Å²) in [5.74, 6) is -0.0131. The summed E-state index contributed by atoms with van der Waals surface area (Å²) >= 11 is 0. The van der Waals surface area contributed by atoms with Gasteiger partial charge in [-0.1, -0.05) is 12.1 Å². The highest BCUT2D eigenvalue weighted by Gasteiger charge is 2.24. The summed E-state index contributed by atoms with van der Waals surface area (Å²) in [4.78, 5) is 22.5. The number of hydrogen-bond donors (Lipinski definition) is 1. The first-order valence-corrected chi connectivity index (χ1v) is 5.64. The second kappa shape index (κ2) is 4.27. The molecule has 1 saturated heterocycles. The van der Waals surface area contributed by atoms with Gasteiger partial charge in [-0.05, 0) is 17.7 Å². The number of nitrogens with one attached hydrogen (secondary N) is 1. The second-order valence-electron chi connectivity index (χ2n) is 4.17. The van der Waals surface area contributed by atoms with Crippen LogP contribution in [0.25, 0.3) is 5.57 Å². The zero-order valence-electron chi connectivity index (χ0n) is 9.51. The molecule has 0 aromatic heterocycles. The van der Waals surface area contributed by atoms with Crippen LogP contribution < -0.4 is 10.1 Å². The number of rotatable bonds is 4. The smallest absolute Gasteiger partial charge is 0.258 e. The van der Waals surface area contributed by atoms with Crippen molar-refractivity contribution in [3.63, 3.8) is 0 Å². The molecule has 5 nitrogen and oxygen atoms in total. The highest BCUT2D eigenvalue weighted by atomic mass is 16.6. The molecule has 18 heavy (non-hydrogen) atoms. The first kappa shape index (κ1) is 11.0. The van der Waals surface area contributed by atoms with Crippen LogP contribution >= 0.6 is 0 Å². The summed E-state index contributed by atoms with van der Waals surface area (Å²) in [7, 11) is 0. The van der Waals surface area contributed by atoms with Crippen LogP contribution in [0.2, 0.25) is 0 Å². The van der Waals surface area contributed by atoms with E-state index in [1.165, 1.54) is 6.08 Å². The lowest BCUT2D eigenvalue weighted by Gasteiger charge is -2.05. The average molecular weight is 245 g/mol. The van der Waals surface area contributed by atoms with Crippen molar-refractivity contribution in [2.75, 3.05) is 13.2 Å². The molecule has 5 heteroatoms. The lowest BCUT2D eigenvalue weighted by molar-refractivity contribution is -0.123. The summed E-state index contributed by atoms with van der Waals surface area (Å²) in [5.41, 5.74) is 1.09. The molecule has 0 spiro atoms. The summed E-state index contributed by atoms with van der Waals surface area (Å²) in [6.07, 6.45) is 1.52. The summed E-state index contributed by atoms with van der Waals surface area (Å²) < 4.78 is 10.5. The fourth-order valence-corrected chi connectivity index (χ4v) is 1.71. The van der Waals surface area contributed by atoms with Gasteiger partial charge in [0.15, 0.2) is 0 Å². The minimum absolute atomic E-state index is 0.214. The van der Waals surface area contributed by atoms with E-state index in [0.717, 1.165) is 12.4 Å². The molecule has 2 aliphatic heterocycles. The monoisotopic (exact) mass is 245 g/mol. The second-order valence-corrected chi connectivity index (χ2v) is 4.17. The van der Waals surface area contributed by atoms with Crippen molar-refractivity contribution in [3.8, 4) is 5.75 Å². The molecular formula is C13H11NO4. The van der Waals surface area contributed by atoms with Crippen molar-refractivity contribution in [1.29, 1.82) is 0 Å². The minimum Gasteiger partial charge on any atom is -0.491 e. The van der Waals surface area contributed by atoms with Gasteiger partial charge < -0.3 is 9.47 Å². The Kier molecular flexibility index (Phi) is 2.60. The van der Waals surface area contributed by atoms with E-state index >= 15 is 0 Å². The van der Waals surface area contributed by atoms with E-state index in [9.17, 15) is 9.59 Å². The fraction of sp³-hybridized carbons (Fsp3) is 0.231. The molecule has 3 rings (SSSR count). The van der Waals surface area contributed by atoms with Gasteiger partial charge in [0.05, 0.1) is 12.2 Å². The number of imide groups is 1. The third-order valence-electron chi connectivity index (χ3n) is 2.76. The Morgan fingerprint density at radius 2 is 2.00 bits per heavy atom. The van der Waals surface area contributed by atoms with Gasteiger partial charge in [-0.15, -0.1) is 0 Å². The van der Waals surface area contributed by atoms with Crippen molar-refractivity contribution >= 4 is 17.4 Å². The molecule has 0 bridgehead atoms. The Morgan fingerprint density at radius 3 is 2.56 bits per heavy atom. The molecule has 1 aromatic carbocycles. The Bertz CT molecular complexity index is 528. The molecule has 1 aromatic rings. The van der Waals surface area contributed by atoms with Crippen molar-refractivity contribution in [2.45, 2.75) is 6.10 Å². The molecular weight excluding hydrogens is 234 g/mol. The van der Waals surface area contributed by atoms with Gasteiger partial charge in [-0.2, -0.15) is 0 Å². The van der Waals surface area contributed by atoms with Crippen LogP contribution in [0.3, 0.4) is 0 Å². The number of hydrogen-bond acceptors (Lipinski definition) is 4. The van der Waals surface area contributed by atoms with Crippen LogP contribution in [0.4, 0.5) is 0 Å². The fourth-order valence-electron chi connectivity index (χ4n) is 1.71. The first-order valence-electron chi connectivity index (χ1n) is 5.64. The maximum atomic E-state index is 11.4. The van der Waals surface area contributed by atoms with Gasteiger partial charge in [0.25, 0.3) is 11.8 Å². The average Bonchev–Trinajstić information content (AvgIpc) is 3.13. The maximum Gasteiger partial charge on any atom is 0.258 e. The molecule has 1 atom stereocenters. The number of carbonyl (C=O) groups is 2. The molecule has 2 aliphatic rings. The van der Waals surface area contributed by atoms with Gasteiger partial charge in [0, 0.05) is 6.08 Å². The van der Waals surface area contributed by atoms with Gasteiger partial charge >= 0.3 is 0 Å². The first-order chi connectivity index (χ1) is 8.72. The third kappa shape index (κ3) is 2.26. The SMILES string of the molecule is O=C1C=C(c2ccc(OCC3CO3)cc2)C(=O)N1. The van der Waals surface area contributed by atoms with E-state index in [1.807, 2.05) is 0 Å². The highest BCUT2D eigenvalue weighted by molar-refractivity contribution is 6.33. The Balaban J connectivity index is 1.72. The summed E-state index contributed by atoms with van der Waals surface area (Å²) in [6.45, 7) is 1.30. The number of carbonyl (C=O) groups excluding carboxylic acids is 2. The Hall–Kier alpha value is -2.14. The minimum atomic E-state index is -0.374. The number of ether oxygens (including phenoxy) is 2. The zero-order valence-corrected chi connectivity index (χ0v) is 9.51. The molecule has 2 amide bonds. The van der Waals surface area contributed by atoms with Crippen LogP contribution in [-0.4, -0.2) is 31.1 Å². The zero-order chi connectivity index (χ0) is 12.5. The quantitative estimate of drug-likeness (QED) is 0.619. The molecule has 1 fully saturated rings. The maximum absolute atomic E-state index is 11.4. The van der Waals surface area contributed by atoms with E-state index in [0.29, 0.717) is 17.7 Å². The predicted molar refractivity (Wildman–Crippen MR) is 62.8 cm³/mol. The molecule has 0 aliphatic carbocycles. The van der Waals surface area contributed by atoms with Gasteiger partial charge in [0.1, 0.15) is 18.5 Å². The highest BCUT2D eigenvalue weighted by Crippen LogP contribution is 2.22. The standard InChI is InChI=1S/C13H11NO4/c15-12-5-11(13(16)14-12)8-1-3-9(4-2-8)17-6-10-7-18-10/h1-5,10H,6-7H2,(H,14,15,16). The predicted octanol–water partition coefficient (Wildman–Crippen LogP) is 0.504. The van der Waals surface area contributed by atoms with Crippen molar-refractivity contribution in [2.24, 2.45) is 0 Å². The molecule has 1 unspecified atom stereocenters. The lowest BCUT2D eigenvalue weighted by atomic mass is 10.1. The van der Waals surface area contributed by atoms with E-state index in [2.05, 4.69) is 5.32 Å².